The zero-order chi connectivity index (χ0) is 30.4. The molecule has 4 aromatic carbocycles. The first-order valence-electron chi connectivity index (χ1n) is 12.9. The summed E-state index contributed by atoms with van der Waals surface area (Å²) in [5, 5.41) is 0. The first-order valence-corrected chi connectivity index (χ1v) is 12.9. The van der Waals surface area contributed by atoms with Crippen molar-refractivity contribution in [1.29, 1.82) is 0 Å². The molecule has 1 heterocycles. The van der Waals surface area contributed by atoms with Gasteiger partial charge in [-0.2, -0.15) is 26.3 Å². The summed E-state index contributed by atoms with van der Waals surface area (Å²) < 4.78 is 104. The molecule has 0 bridgehead atoms. The number of carbonyl (C=O) groups excluding carboxylic acids is 1. The molecule has 0 saturated carbocycles. The number of carbonyl (C=O) groups is 1. The van der Waals surface area contributed by atoms with Crippen LogP contribution in [0.5, 0.6) is 0 Å². The van der Waals surface area contributed by atoms with E-state index < -0.39 is 48.0 Å². The fourth-order valence-corrected chi connectivity index (χ4v) is 5.44. The molecule has 0 N–H and O–H groups in total. The Kier molecular flexibility index (Phi) is 7.28. The van der Waals surface area contributed by atoms with Gasteiger partial charge in [0.2, 0.25) is 6.10 Å². The summed E-state index contributed by atoms with van der Waals surface area (Å²) in [4.78, 5) is 13.8. The van der Waals surface area contributed by atoms with Crippen LogP contribution >= 0.6 is 0 Å². The Morgan fingerprint density at radius 3 is 2.12 bits per heavy atom. The second-order valence-corrected chi connectivity index (χ2v) is 10.3. The van der Waals surface area contributed by atoms with Crippen LogP contribution in [0, 0.1) is 12.7 Å². The van der Waals surface area contributed by atoms with Crippen LogP contribution in [0.25, 0.3) is 22.3 Å². The molecular weight excluding hydrogens is 563 g/mol. The number of ether oxygens (including phenoxy) is 1. The fourth-order valence-electron chi connectivity index (χ4n) is 5.44. The predicted molar refractivity (Wildman–Crippen MR) is 143 cm³/mol. The van der Waals surface area contributed by atoms with Crippen molar-refractivity contribution < 1.29 is 40.3 Å². The predicted octanol–water partition coefficient (Wildman–Crippen LogP) is 9.29. The van der Waals surface area contributed by atoms with Crippen molar-refractivity contribution >= 4 is 6.09 Å². The van der Waals surface area contributed by atoms with Crippen LogP contribution in [-0.4, -0.2) is 23.3 Å². The van der Waals surface area contributed by atoms with Crippen LogP contribution in [-0.2, 0) is 23.0 Å². The van der Waals surface area contributed by atoms with Crippen molar-refractivity contribution in [1.82, 2.24) is 4.90 Å². The maximum Gasteiger partial charge on any atom is 0.428 e. The minimum absolute atomic E-state index is 0.00500. The van der Waals surface area contributed by atoms with Crippen LogP contribution in [0.15, 0.2) is 91.0 Å². The minimum atomic E-state index is -4.99. The lowest BCUT2D eigenvalue weighted by molar-refractivity contribution is -0.214. The maximum absolute atomic E-state index is 15.3. The van der Waals surface area contributed by atoms with E-state index in [0.29, 0.717) is 5.56 Å². The van der Waals surface area contributed by atoms with Crippen LogP contribution in [0.2, 0.25) is 0 Å². The van der Waals surface area contributed by atoms with Crippen LogP contribution in [0.4, 0.5) is 35.5 Å². The monoisotopic (exact) mass is 587 g/mol. The summed E-state index contributed by atoms with van der Waals surface area (Å²) in [5.74, 6) is -0.753. The molecule has 5 rings (SSSR count). The zero-order valence-electron chi connectivity index (χ0n) is 22.4. The highest BCUT2D eigenvalue weighted by atomic mass is 19.4. The number of benzene rings is 4. The molecule has 0 radical (unpaired) electrons. The smallest absolute Gasteiger partial charge is 0.428 e. The van der Waals surface area contributed by atoms with Gasteiger partial charge in [-0.15, -0.1) is 0 Å². The van der Waals surface area contributed by atoms with E-state index >= 15 is 4.39 Å². The molecule has 3 nitrogen and oxygen atoms in total. The third kappa shape index (κ3) is 5.21. The van der Waals surface area contributed by atoms with Crippen LogP contribution < -0.4 is 0 Å². The molecular formula is C32H24F7NO2. The van der Waals surface area contributed by atoms with Gasteiger partial charge in [-0.05, 0) is 71.5 Å². The molecule has 0 aliphatic carbocycles. The maximum atomic E-state index is 15.3. The lowest BCUT2D eigenvalue weighted by Crippen LogP contribution is -2.51. The molecule has 2 atom stereocenters. The zero-order valence-corrected chi connectivity index (χ0v) is 22.4. The van der Waals surface area contributed by atoms with Gasteiger partial charge >= 0.3 is 18.4 Å². The third-order valence-corrected chi connectivity index (χ3v) is 7.64. The van der Waals surface area contributed by atoms with E-state index in [2.05, 4.69) is 0 Å². The lowest BCUT2D eigenvalue weighted by atomic mass is 9.84. The molecule has 1 fully saturated rings. The van der Waals surface area contributed by atoms with E-state index in [0.717, 1.165) is 41.1 Å². The molecule has 0 aromatic heterocycles. The molecule has 2 unspecified atom stereocenters. The summed E-state index contributed by atoms with van der Waals surface area (Å²) in [6.45, 7) is 2.28. The number of cyclic esters (lactones) is 1. The average Bonchev–Trinajstić information content (AvgIpc) is 3.20. The number of nitrogens with zero attached hydrogens (tertiary/aromatic N) is 1. The van der Waals surface area contributed by atoms with Crippen molar-refractivity contribution in [3.8, 4) is 22.3 Å². The number of rotatable bonds is 5. The van der Waals surface area contributed by atoms with Crippen molar-refractivity contribution in [3.05, 3.63) is 119 Å². The van der Waals surface area contributed by atoms with Gasteiger partial charge in [0.15, 0.2) is 0 Å². The highest BCUT2D eigenvalue weighted by molar-refractivity contribution is 5.78. The van der Waals surface area contributed by atoms with E-state index in [-0.39, 0.29) is 22.3 Å². The van der Waals surface area contributed by atoms with Gasteiger partial charge in [-0.1, -0.05) is 66.7 Å². The first kappa shape index (κ1) is 29.2. The molecule has 10 heteroatoms. The number of amides is 1. The second-order valence-electron chi connectivity index (χ2n) is 10.3. The summed E-state index contributed by atoms with van der Waals surface area (Å²) in [6, 6.07) is 21.3. The molecule has 1 aliphatic rings. The van der Waals surface area contributed by atoms with E-state index in [1.165, 1.54) is 42.5 Å². The van der Waals surface area contributed by atoms with Gasteiger partial charge in [-0.25, -0.2) is 9.18 Å². The molecule has 1 saturated heterocycles. The first-order chi connectivity index (χ1) is 19.7. The van der Waals surface area contributed by atoms with Gasteiger partial charge in [0, 0.05) is 5.56 Å². The van der Waals surface area contributed by atoms with E-state index in [1.807, 2.05) is 25.1 Å². The highest BCUT2D eigenvalue weighted by Crippen LogP contribution is 2.48. The third-order valence-electron chi connectivity index (χ3n) is 7.64. The molecule has 42 heavy (non-hydrogen) atoms. The summed E-state index contributed by atoms with van der Waals surface area (Å²) in [5.41, 5.74) is -1.22. The standard InChI is InChI=1S/C32H24F7NO2/c1-19-8-6-7-11-24(19)20-12-15-27(33)26(17-20)25-14-13-23(31(34,35)36)16-21(25)18-40-29(41)42-28(32(37,38)39)30(40,2)22-9-4-3-5-10-22/h3-17,28H,18H2,1-2H3. The van der Waals surface area contributed by atoms with Gasteiger partial charge in [0.25, 0.3) is 0 Å². The molecule has 1 amide bonds. The Bertz CT molecular complexity index is 1630. The largest absolute Gasteiger partial charge is 0.433 e. The SMILES string of the molecule is Cc1ccccc1-c1ccc(F)c(-c2ccc(C(F)(F)F)cc2CN2C(=O)OC(C(F)(F)F)C2(C)c2ccccc2)c1. The molecule has 4 aromatic rings. The quantitative estimate of drug-likeness (QED) is 0.218. The number of aryl methyl sites for hydroxylation is 1. The number of hydrogen-bond donors (Lipinski definition) is 0. The summed E-state index contributed by atoms with van der Waals surface area (Å²) in [7, 11) is 0. The lowest BCUT2D eigenvalue weighted by Gasteiger charge is -2.37. The molecule has 0 spiro atoms. The van der Waals surface area contributed by atoms with Crippen LogP contribution in [0.3, 0.4) is 0 Å². The minimum Gasteiger partial charge on any atom is -0.433 e. The van der Waals surface area contributed by atoms with Crippen molar-refractivity contribution in [2.24, 2.45) is 0 Å². The molecule has 218 valence electrons. The Balaban J connectivity index is 1.69. The van der Waals surface area contributed by atoms with E-state index in [4.69, 9.17) is 4.74 Å². The normalized spacial score (nSPS) is 19.2. The Hall–Kier alpha value is -4.34. The number of halogens is 7. The Morgan fingerprint density at radius 1 is 0.810 bits per heavy atom. The van der Waals surface area contributed by atoms with E-state index in [9.17, 15) is 31.1 Å². The van der Waals surface area contributed by atoms with Crippen LogP contribution in [0.1, 0.15) is 29.2 Å². The highest BCUT2D eigenvalue weighted by Gasteiger charge is 2.63. The van der Waals surface area contributed by atoms with Crippen molar-refractivity contribution in [3.63, 3.8) is 0 Å². The van der Waals surface area contributed by atoms with E-state index in [1.54, 1.807) is 12.1 Å². The molecule has 1 aliphatic heterocycles. The average molecular weight is 588 g/mol. The number of hydrogen-bond acceptors (Lipinski definition) is 2. The topological polar surface area (TPSA) is 29.5 Å². The fraction of sp³-hybridized carbons (Fsp3) is 0.219. The van der Waals surface area contributed by atoms with Gasteiger partial charge < -0.3 is 4.74 Å². The summed E-state index contributed by atoms with van der Waals surface area (Å²) in [6.07, 6.45) is -13.8. The van der Waals surface area contributed by atoms with Gasteiger partial charge in [0.1, 0.15) is 11.4 Å². The number of alkyl halides is 6. The Labute approximate surface area is 237 Å². The van der Waals surface area contributed by atoms with Gasteiger partial charge in [0.05, 0.1) is 12.1 Å². The Morgan fingerprint density at radius 2 is 1.48 bits per heavy atom. The summed E-state index contributed by atoms with van der Waals surface area (Å²) >= 11 is 0. The second kappa shape index (κ2) is 10.5. The van der Waals surface area contributed by atoms with Crippen molar-refractivity contribution in [2.75, 3.05) is 0 Å². The van der Waals surface area contributed by atoms with Crippen molar-refractivity contribution in [2.45, 2.75) is 44.4 Å². The van der Waals surface area contributed by atoms with Gasteiger partial charge in [-0.3, -0.25) is 4.90 Å².